The summed E-state index contributed by atoms with van der Waals surface area (Å²) in [5.41, 5.74) is 2.39. The number of rotatable bonds is 4. The Morgan fingerprint density at radius 1 is 1.31 bits per heavy atom. The van der Waals surface area contributed by atoms with Crippen LogP contribution in [0.5, 0.6) is 0 Å². The minimum atomic E-state index is 0.563. The van der Waals surface area contributed by atoms with Crippen molar-refractivity contribution in [1.82, 2.24) is 10.2 Å². The Bertz CT molecular complexity index is 465. The highest BCUT2D eigenvalue weighted by atomic mass is 16.4. The lowest BCUT2D eigenvalue weighted by Crippen LogP contribution is -2.00. The van der Waals surface area contributed by atoms with Gasteiger partial charge in [0.05, 0.1) is 6.54 Å². The van der Waals surface area contributed by atoms with Crippen LogP contribution in [0.3, 0.4) is 0 Å². The molecular weight excluding hydrogens is 202 g/mol. The monoisotopic (exact) mass is 217 g/mol. The molecule has 0 atom stereocenters. The van der Waals surface area contributed by atoms with E-state index in [-0.39, 0.29) is 0 Å². The van der Waals surface area contributed by atoms with Crippen LogP contribution in [0.2, 0.25) is 0 Å². The van der Waals surface area contributed by atoms with Crippen LogP contribution in [-0.4, -0.2) is 10.2 Å². The number of nitrogens with one attached hydrogen (secondary N) is 1. The van der Waals surface area contributed by atoms with Gasteiger partial charge in [0.1, 0.15) is 0 Å². The van der Waals surface area contributed by atoms with Crippen LogP contribution in [0.25, 0.3) is 0 Å². The van der Waals surface area contributed by atoms with E-state index in [0.29, 0.717) is 18.3 Å². The molecule has 0 radical (unpaired) electrons. The fraction of sp³-hybridized carbons (Fsp3) is 0.333. The smallest absolute Gasteiger partial charge is 0.235 e. The largest absolute Gasteiger partial charge is 0.424 e. The van der Waals surface area contributed by atoms with Crippen molar-refractivity contribution >= 4 is 5.69 Å². The molecule has 0 aliphatic heterocycles. The molecular formula is C12H15N3O. The number of benzene rings is 1. The van der Waals surface area contributed by atoms with Crippen molar-refractivity contribution in [3.05, 3.63) is 41.6 Å². The van der Waals surface area contributed by atoms with Gasteiger partial charge in [0, 0.05) is 12.6 Å². The van der Waals surface area contributed by atoms with Gasteiger partial charge in [0.25, 0.3) is 0 Å². The van der Waals surface area contributed by atoms with Gasteiger partial charge in [-0.2, -0.15) is 0 Å². The third-order valence-electron chi connectivity index (χ3n) is 2.35. The van der Waals surface area contributed by atoms with Crippen molar-refractivity contribution in [2.24, 2.45) is 0 Å². The highest BCUT2D eigenvalue weighted by Crippen LogP contribution is 2.12. The van der Waals surface area contributed by atoms with E-state index in [2.05, 4.69) is 34.6 Å². The number of aryl methyl sites for hydroxylation is 2. The molecule has 0 aliphatic carbocycles. The second-order valence-electron chi connectivity index (χ2n) is 3.62. The first-order valence-electron chi connectivity index (χ1n) is 5.39. The number of nitrogens with zero attached hydrogens (tertiary/aromatic N) is 2. The quantitative estimate of drug-likeness (QED) is 0.855. The van der Waals surface area contributed by atoms with Crippen molar-refractivity contribution in [2.75, 3.05) is 5.32 Å². The predicted molar refractivity (Wildman–Crippen MR) is 62.2 cm³/mol. The molecule has 1 N–H and O–H groups in total. The lowest BCUT2D eigenvalue weighted by Gasteiger charge is -2.04. The molecule has 0 amide bonds. The van der Waals surface area contributed by atoms with Crippen LogP contribution >= 0.6 is 0 Å². The summed E-state index contributed by atoms with van der Waals surface area (Å²) < 4.78 is 5.28. The fourth-order valence-corrected chi connectivity index (χ4v) is 1.49. The number of anilines is 1. The molecule has 0 saturated carbocycles. The molecule has 4 heteroatoms. The van der Waals surface area contributed by atoms with Crippen molar-refractivity contribution in [3.8, 4) is 0 Å². The van der Waals surface area contributed by atoms with E-state index in [1.54, 1.807) is 6.92 Å². The molecule has 2 aromatic rings. The minimum absolute atomic E-state index is 0.563. The minimum Gasteiger partial charge on any atom is -0.424 e. The molecule has 0 spiro atoms. The summed E-state index contributed by atoms with van der Waals surface area (Å²) in [7, 11) is 0. The molecule has 0 bridgehead atoms. The summed E-state index contributed by atoms with van der Waals surface area (Å²) >= 11 is 0. The Balaban J connectivity index is 1.99. The van der Waals surface area contributed by atoms with Crippen LogP contribution in [0.4, 0.5) is 5.69 Å². The van der Waals surface area contributed by atoms with Gasteiger partial charge < -0.3 is 9.73 Å². The lowest BCUT2D eigenvalue weighted by molar-refractivity contribution is 0.475. The number of aromatic nitrogens is 2. The predicted octanol–water partition coefficient (Wildman–Crippen LogP) is 2.55. The average Bonchev–Trinajstić information content (AvgIpc) is 2.73. The third kappa shape index (κ3) is 2.59. The summed E-state index contributed by atoms with van der Waals surface area (Å²) in [6.45, 7) is 4.49. The van der Waals surface area contributed by atoms with Crippen molar-refractivity contribution in [1.29, 1.82) is 0 Å². The molecule has 84 valence electrons. The Morgan fingerprint density at radius 3 is 2.88 bits per heavy atom. The summed E-state index contributed by atoms with van der Waals surface area (Å²) in [6.07, 6.45) is 1.04. The zero-order valence-corrected chi connectivity index (χ0v) is 9.53. The fourth-order valence-electron chi connectivity index (χ4n) is 1.49. The number of hydrogen-bond donors (Lipinski definition) is 1. The van der Waals surface area contributed by atoms with Gasteiger partial charge in [0.2, 0.25) is 11.8 Å². The van der Waals surface area contributed by atoms with Crippen LogP contribution in [0.1, 0.15) is 24.3 Å². The zero-order valence-electron chi connectivity index (χ0n) is 9.53. The zero-order chi connectivity index (χ0) is 11.4. The molecule has 4 nitrogen and oxygen atoms in total. The van der Waals surface area contributed by atoms with Crippen molar-refractivity contribution < 1.29 is 4.42 Å². The summed E-state index contributed by atoms with van der Waals surface area (Å²) in [6, 6.07) is 8.31. The van der Waals surface area contributed by atoms with E-state index in [4.69, 9.17) is 4.42 Å². The first kappa shape index (κ1) is 10.7. The van der Waals surface area contributed by atoms with E-state index in [0.717, 1.165) is 12.1 Å². The van der Waals surface area contributed by atoms with Crippen molar-refractivity contribution in [2.45, 2.75) is 26.8 Å². The highest BCUT2D eigenvalue weighted by Gasteiger charge is 2.01. The Kier molecular flexibility index (Phi) is 3.19. The lowest BCUT2D eigenvalue weighted by atomic mass is 10.1. The van der Waals surface area contributed by atoms with Crippen LogP contribution in [0, 0.1) is 6.92 Å². The normalized spacial score (nSPS) is 10.4. The van der Waals surface area contributed by atoms with Gasteiger partial charge in [0.15, 0.2) is 0 Å². The molecule has 0 fully saturated rings. The van der Waals surface area contributed by atoms with Gasteiger partial charge in [-0.05, 0) is 24.1 Å². The van der Waals surface area contributed by atoms with E-state index in [9.17, 15) is 0 Å². The highest BCUT2D eigenvalue weighted by molar-refractivity contribution is 5.45. The molecule has 1 aromatic heterocycles. The molecule has 2 rings (SSSR count). The SMILES string of the molecule is CCc1cccc(NCc2nnc(C)o2)c1. The van der Waals surface area contributed by atoms with E-state index < -0.39 is 0 Å². The Labute approximate surface area is 94.7 Å². The average molecular weight is 217 g/mol. The second kappa shape index (κ2) is 4.79. The van der Waals surface area contributed by atoms with E-state index >= 15 is 0 Å². The van der Waals surface area contributed by atoms with Gasteiger partial charge in [-0.1, -0.05) is 19.1 Å². The molecule has 0 unspecified atom stereocenters. The third-order valence-corrected chi connectivity index (χ3v) is 2.35. The first-order chi connectivity index (χ1) is 7.78. The summed E-state index contributed by atoms with van der Waals surface area (Å²) in [5.74, 6) is 1.21. The van der Waals surface area contributed by atoms with Crippen LogP contribution in [-0.2, 0) is 13.0 Å². The van der Waals surface area contributed by atoms with Crippen molar-refractivity contribution in [3.63, 3.8) is 0 Å². The van der Waals surface area contributed by atoms with Gasteiger partial charge in [-0.3, -0.25) is 0 Å². The van der Waals surface area contributed by atoms with Crippen LogP contribution < -0.4 is 5.32 Å². The standard InChI is InChI=1S/C12H15N3O/c1-3-10-5-4-6-11(7-10)13-8-12-15-14-9(2)16-12/h4-7,13H,3,8H2,1-2H3. The molecule has 16 heavy (non-hydrogen) atoms. The van der Waals surface area contributed by atoms with E-state index in [1.165, 1.54) is 5.56 Å². The molecule has 1 heterocycles. The maximum absolute atomic E-state index is 5.28. The summed E-state index contributed by atoms with van der Waals surface area (Å²) in [5, 5.41) is 11.0. The van der Waals surface area contributed by atoms with Gasteiger partial charge in [-0.15, -0.1) is 10.2 Å². The Morgan fingerprint density at radius 2 is 2.19 bits per heavy atom. The second-order valence-corrected chi connectivity index (χ2v) is 3.62. The summed E-state index contributed by atoms with van der Waals surface area (Å²) in [4.78, 5) is 0. The maximum Gasteiger partial charge on any atom is 0.235 e. The molecule has 0 aliphatic rings. The first-order valence-corrected chi connectivity index (χ1v) is 5.39. The molecule has 0 saturated heterocycles. The van der Waals surface area contributed by atoms with Crippen LogP contribution in [0.15, 0.2) is 28.7 Å². The van der Waals surface area contributed by atoms with Gasteiger partial charge in [-0.25, -0.2) is 0 Å². The van der Waals surface area contributed by atoms with E-state index in [1.807, 2.05) is 12.1 Å². The Hall–Kier alpha value is -1.84. The topological polar surface area (TPSA) is 51.0 Å². The maximum atomic E-state index is 5.28. The van der Waals surface area contributed by atoms with Gasteiger partial charge >= 0.3 is 0 Å². The number of hydrogen-bond acceptors (Lipinski definition) is 4. The molecule has 1 aromatic carbocycles.